The van der Waals surface area contributed by atoms with Crippen LogP contribution in [0.2, 0.25) is 0 Å². The van der Waals surface area contributed by atoms with Crippen molar-refractivity contribution < 1.29 is 14.7 Å². The quantitative estimate of drug-likeness (QED) is 0.739. The van der Waals surface area contributed by atoms with Crippen molar-refractivity contribution in [3.05, 3.63) is 0 Å². The maximum absolute atomic E-state index is 13.5. The molecule has 0 aromatic carbocycles. The summed E-state index contributed by atoms with van der Waals surface area (Å²) in [7, 11) is 0. The van der Waals surface area contributed by atoms with Crippen molar-refractivity contribution in [1.29, 1.82) is 0 Å². The van der Waals surface area contributed by atoms with Crippen molar-refractivity contribution in [3.8, 4) is 0 Å². The summed E-state index contributed by atoms with van der Waals surface area (Å²) < 4.78 is 0. The number of amides is 1. The van der Waals surface area contributed by atoms with Crippen LogP contribution in [0.3, 0.4) is 0 Å². The predicted molar refractivity (Wildman–Crippen MR) is 111 cm³/mol. The number of hydrogen-bond acceptors (Lipinski definition) is 4. The van der Waals surface area contributed by atoms with Gasteiger partial charge in [0.05, 0.1) is 6.04 Å². The number of Topliss-reactive ketones (excluding diaryl/α,β-unsaturated/α-hetero) is 1. The first-order chi connectivity index (χ1) is 14.0. The van der Waals surface area contributed by atoms with Gasteiger partial charge < -0.3 is 15.3 Å². The molecule has 0 aromatic heterocycles. The molecule has 6 nitrogen and oxygen atoms in total. The summed E-state index contributed by atoms with van der Waals surface area (Å²) >= 11 is 0. The van der Waals surface area contributed by atoms with Crippen LogP contribution in [0.1, 0.15) is 57.8 Å². The lowest BCUT2D eigenvalue weighted by Crippen LogP contribution is -2.58. The highest BCUT2D eigenvalue weighted by molar-refractivity contribution is 5.85. The monoisotopic (exact) mass is 403 g/mol. The zero-order valence-electron chi connectivity index (χ0n) is 17.7. The lowest BCUT2D eigenvalue weighted by molar-refractivity contribution is -0.133. The number of likely N-dealkylation sites (tertiary alicyclic amines) is 1. The highest BCUT2D eigenvalue weighted by atomic mass is 16.4. The number of ketones is 1. The van der Waals surface area contributed by atoms with Crippen molar-refractivity contribution in [2.45, 2.75) is 63.8 Å². The summed E-state index contributed by atoms with van der Waals surface area (Å²) in [4.78, 5) is 28.6. The summed E-state index contributed by atoms with van der Waals surface area (Å²) in [6.07, 6.45) is 10.1. The minimum Gasteiger partial charge on any atom is -0.465 e. The molecule has 6 aliphatic rings. The number of nitrogens with one attached hydrogen (secondary N) is 1. The maximum atomic E-state index is 13.5. The molecule has 29 heavy (non-hydrogen) atoms. The Hall–Kier alpha value is -1.14. The molecule has 162 valence electrons. The van der Waals surface area contributed by atoms with Crippen LogP contribution in [-0.4, -0.2) is 72.1 Å². The number of nitrogens with zero attached hydrogens (tertiary/aromatic N) is 2. The molecule has 0 aromatic rings. The molecule has 1 amide bonds. The zero-order valence-corrected chi connectivity index (χ0v) is 17.7. The van der Waals surface area contributed by atoms with Crippen molar-refractivity contribution in [1.82, 2.24) is 15.1 Å². The molecule has 4 saturated carbocycles. The molecular weight excluding hydrogens is 366 g/mol. The number of piperidine rings is 1. The standard InChI is InChI=1S/C23H37N3O3/c27-21(13-23-10-17-7-18(11-23)9-19(8-17)12-23)20-14-24-3-6-26(20)15-16-1-4-25(5-2-16)22(28)29/h16-20,24H,1-15H2,(H,28,29). The normalized spacial score (nSPS) is 40.3. The van der Waals surface area contributed by atoms with Crippen LogP contribution in [0.15, 0.2) is 0 Å². The number of carboxylic acid groups (broad SMARTS) is 1. The van der Waals surface area contributed by atoms with Gasteiger partial charge in [-0.15, -0.1) is 0 Å². The van der Waals surface area contributed by atoms with Gasteiger partial charge >= 0.3 is 6.09 Å². The molecule has 1 atom stereocenters. The third-order valence-electron chi connectivity index (χ3n) is 8.82. The molecule has 1 unspecified atom stereocenters. The highest BCUT2D eigenvalue weighted by Crippen LogP contribution is 2.61. The molecule has 6 fully saturated rings. The van der Waals surface area contributed by atoms with Gasteiger partial charge in [-0.2, -0.15) is 0 Å². The van der Waals surface area contributed by atoms with Gasteiger partial charge in [-0.05, 0) is 80.5 Å². The van der Waals surface area contributed by atoms with Gasteiger partial charge in [-0.25, -0.2) is 4.79 Å². The van der Waals surface area contributed by atoms with E-state index in [2.05, 4.69) is 10.2 Å². The molecule has 2 N–H and O–H groups in total. The van der Waals surface area contributed by atoms with E-state index in [1.165, 1.54) is 43.4 Å². The molecule has 6 heteroatoms. The van der Waals surface area contributed by atoms with Gasteiger partial charge in [0, 0.05) is 45.7 Å². The van der Waals surface area contributed by atoms with Crippen LogP contribution in [0.4, 0.5) is 4.79 Å². The Morgan fingerprint density at radius 3 is 2.17 bits per heavy atom. The van der Waals surface area contributed by atoms with Gasteiger partial charge in [0.15, 0.2) is 5.78 Å². The van der Waals surface area contributed by atoms with Crippen molar-refractivity contribution in [2.24, 2.45) is 29.1 Å². The predicted octanol–water partition coefficient (Wildman–Crippen LogP) is 2.83. The Morgan fingerprint density at radius 2 is 1.59 bits per heavy atom. The van der Waals surface area contributed by atoms with Crippen LogP contribution in [0.25, 0.3) is 0 Å². The Kier molecular flexibility index (Phi) is 5.35. The Balaban J connectivity index is 1.20. The lowest BCUT2D eigenvalue weighted by Gasteiger charge is -2.57. The zero-order chi connectivity index (χ0) is 20.0. The molecule has 6 rings (SSSR count). The summed E-state index contributed by atoms with van der Waals surface area (Å²) in [6, 6.07) is 0.0225. The first kappa shape index (κ1) is 19.8. The Bertz CT molecular complexity index is 608. The number of rotatable bonds is 5. The summed E-state index contributed by atoms with van der Waals surface area (Å²) in [5.41, 5.74) is 0.321. The first-order valence-electron chi connectivity index (χ1n) is 11.9. The van der Waals surface area contributed by atoms with Crippen LogP contribution in [0.5, 0.6) is 0 Å². The number of hydrogen-bond donors (Lipinski definition) is 2. The second-order valence-electron chi connectivity index (χ2n) is 11.0. The van der Waals surface area contributed by atoms with E-state index in [0.29, 0.717) is 30.2 Å². The van der Waals surface area contributed by atoms with E-state index in [-0.39, 0.29) is 6.04 Å². The number of carbonyl (C=O) groups excluding carboxylic acids is 1. The third kappa shape index (κ3) is 4.07. The summed E-state index contributed by atoms with van der Waals surface area (Å²) in [6.45, 7) is 4.91. The van der Waals surface area contributed by atoms with Crippen LogP contribution in [-0.2, 0) is 4.79 Å². The van der Waals surface area contributed by atoms with E-state index in [1.54, 1.807) is 0 Å². The van der Waals surface area contributed by atoms with Crippen molar-refractivity contribution in [3.63, 3.8) is 0 Å². The van der Waals surface area contributed by atoms with E-state index in [9.17, 15) is 14.7 Å². The van der Waals surface area contributed by atoms with E-state index in [4.69, 9.17) is 0 Å². The Labute approximate surface area is 174 Å². The second-order valence-corrected chi connectivity index (χ2v) is 11.0. The molecular formula is C23H37N3O3. The fourth-order valence-corrected chi connectivity index (χ4v) is 7.91. The second kappa shape index (κ2) is 7.84. The van der Waals surface area contributed by atoms with Gasteiger partial charge in [0.2, 0.25) is 0 Å². The summed E-state index contributed by atoms with van der Waals surface area (Å²) in [5.74, 6) is 3.68. The van der Waals surface area contributed by atoms with E-state index < -0.39 is 6.09 Å². The lowest BCUT2D eigenvalue weighted by atomic mass is 9.48. The fraction of sp³-hybridized carbons (Fsp3) is 0.913. The average Bonchev–Trinajstić information content (AvgIpc) is 2.67. The molecule has 4 aliphatic carbocycles. The molecule has 0 radical (unpaired) electrons. The van der Waals surface area contributed by atoms with E-state index in [1.807, 2.05) is 0 Å². The van der Waals surface area contributed by atoms with Crippen molar-refractivity contribution in [2.75, 3.05) is 39.3 Å². The molecule has 4 bridgehead atoms. The van der Waals surface area contributed by atoms with E-state index >= 15 is 0 Å². The molecule has 0 spiro atoms. The van der Waals surface area contributed by atoms with Crippen LogP contribution in [0, 0.1) is 29.1 Å². The number of carbonyl (C=O) groups is 2. The van der Waals surface area contributed by atoms with E-state index in [0.717, 1.165) is 63.2 Å². The summed E-state index contributed by atoms with van der Waals surface area (Å²) in [5, 5.41) is 12.6. The Morgan fingerprint density at radius 1 is 0.966 bits per heavy atom. The largest absolute Gasteiger partial charge is 0.465 e. The van der Waals surface area contributed by atoms with Gasteiger partial charge in [0.1, 0.15) is 0 Å². The molecule has 2 heterocycles. The maximum Gasteiger partial charge on any atom is 0.407 e. The molecule has 2 saturated heterocycles. The minimum atomic E-state index is -0.797. The topological polar surface area (TPSA) is 72.9 Å². The SMILES string of the molecule is O=C(CC12CC3CC(CC(C3)C1)C2)C1CNCCN1CC1CCN(C(=O)O)CC1. The fourth-order valence-electron chi connectivity index (χ4n) is 7.91. The first-order valence-corrected chi connectivity index (χ1v) is 11.9. The minimum absolute atomic E-state index is 0.0225. The highest BCUT2D eigenvalue weighted by Gasteiger charge is 2.52. The average molecular weight is 404 g/mol. The molecule has 2 aliphatic heterocycles. The van der Waals surface area contributed by atoms with Crippen molar-refractivity contribution >= 4 is 11.9 Å². The van der Waals surface area contributed by atoms with Crippen LogP contribution >= 0.6 is 0 Å². The third-order valence-corrected chi connectivity index (χ3v) is 8.82. The number of piperazine rings is 1. The van der Waals surface area contributed by atoms with Crippen LogP contribution < -0.4 is 5.32 Å². The van der Waals surface area contributed by atoms with Gasteiger partial charge in [-0.1, -0.05) is 0 Å². The van der Waals surface area contributed by atoms with Gasteiger partial charge in [0.25, 0.3) is 0 Å². The van der Waals surface area contributed by atoms with Gasteiger partial charge in [-0.3, -0.25) is 9.69 Å². The smallest absolute Gasteiger partial charge is 0.407 e.